The van der Waals surface area contributed by atoms with E-state index in [2.05, 4.69) is 19.9 Å². The SMILES string of the molecule is CS/C(CCCN)=C(/C(=O)O)C1=CCCC(C)(C)C1. The van der Waals surface area contributed by atoms with E-state index < -0.39 is 5.97 Å². The van der Waals surface area contributed by atoms with Crippen LogP contribution in [-0.2, 0) is 4.79 Å². The molecule has 0 saturated carbocycles. The molecule has 0 aromatic rings. The van der Waals surface area contributed by atoms with E-state index in [4.69, 9.17) is 5.73 Å². The zero-order chi connectivity index (χ0) is 14.5. The lowest BCUT2D eigenvalue weighted by atomic mass is 9.75. The first-order valence-electron chi connectivity index (χ1n) is 6.81. The van der Waals surface area contributed by atoms with Gasteiger partial charge >= 0.3 is 5.97 Å². The molecule has 0 saturated heterocycles. The lowest BCUT2D eigenvalue weighted by Gasteiger charge is -2.30. The Bertz CT molecular complexity index is 397. The fraction of sp³-hybridized carbons (Fsp3) is 0.667. The number of nitrogens with two attached hydrogens (primary N) is 1. The molecule has 0 amide bonds. The molecule has 0 spiro atoms. The number of rotatable bonds is 6. The van der Waals surface area contributed by atoms with Crippen LogP contribution in [0.5, 0.6) is 0 Å². The maximum absolute atomic E-state index is 11.6. The Labute approximate surface area is 120 Å². The van der Waals surface area contributed by atoms with E-state index in [9.17, 15) is 9.90 Å². The summed E-state index contributed by atoms with van der Waals surface area (Å²) in [4.78, 5) is 12.6. The molecule has 0 aromatic heterocycles. The lowest BCUT2D eigenvalue weighted by molar-refractivity contribution is -0.132. The second-order valence-electron chi connectivity index (χ2n) is 5.81. The van der Waals surface area contributed by atoms with Crippen LogP contribution in [0.4, 0.5) is 0 Å². The minimum Gasteiger partial charge on any atom is -0.478 e. The number of carboxylic acids is 1. The minimum atomic E-state index is -0.801. The summed E-state index contributed by atoms with van der Waals surface area (Å²) in [5.41, 5.74) is 7.26. The summed E-state index contributed by atoms with van der Waals surface area (Å²) in [5, 5.41) is 9.55. The molecule has 0 radical (unpaired) electrons. The van der Waals surface area contributed by atoms with Gasteiger partial charge in [-0.1, -0.05) is 19.9 Å². The third-order valence-electron chi connectivity index (χ3n) is 3.55. The molecule has 0 heterocycles. The van der Waals surface area contributed by atoms with Gasteiger partial charge in [0.25, 0.3) is 0 Å². The minimum absolute atomic E-state index is 0.197. The molecule has 0 aromatic carbocycles. The van der Waals surface area contributed by atoms with E-state index in [1.165, 1.54) is 0 Å². The fourth-order valence-electron chi connectivity index (χ4n) is 2.53. The first-order chi connectivity index (χ1) is 8.91. The Morgan fingerprint density at radius 1 is 1.53 bits per heavy atom. The van der Waals surface area contributed by atoms with Gasteiger partial charge in [-0.2, -0.15) is 0 Å². The highest BCUT2D eigenvalue weighted by molar-refractivity contribution is 8.02. The summed E-state index contributed by atoms with van der Waals surface area (Å²) in [6, 6.07) is 0. The van der Waals surface area contributed by atoms with E-state index in [-0.39, 0.29) is 5.41 Å². The lowest BCUT2D eigenvalue weighted by Crippen LogP contribution is -2.19. The highest BCUT2D eigenvalue weighted by Gasteiger charge is 2.28. The second kappa shape index (κ2) is 7.15. The van der Waals surface area contributed by atoms with Gasteiger partial charge in [0.2, 0.25) is 0 Å². The molecule has 3 N–H and O–H groups in total. The highest BCUT2D eigenvalue weighted by Crippen LogP contribution is 2.40. The van der Waals surface area contributed by atoms with Crippen LogP contribution in [0.15, 0.2) is 22.1 Å². The topological polar surface area (TPSA) is 63.3 Å². The van der Waals surface area contributed by atoms with Gasteiger partial charge in [-0.25, -0.2) is 4.79 Å². The van der Waals surface area contributed by atoms with Crippen molar-refractivity contribution in [2.75, 3.05) is 12.8 Å². The molecule has 19 heavy (non-hydrogen) atoms. The van der Waals surface area contributed by atoms with Gasteiger partial charge in [-0.15, -0.1) is 11.8 Å². The molecule has 108 valence electrons. The van der Waals surface area contributed by atoms with Crippen molar-refractivity contribution < 1.29 is 9.90 Å². The van der Waals surface area contributed by atoms with Crippen LogP contribution in [0.3, 0.4) is 0 Å². The standard InChI is InChI=1S/C15H25NO2S/c1-15(2)8-4-6-11(10-15)13(14(17)18)12(19-3)7-5-9-16/h6H,4-5,7-10,16H2,1-3H3,(H,17,18)/b13-12+. The zero-order valence-electron chi connectivity index (χ0n) is 12.2. The van der Waals surface area contributed by atoms with Crippen molar-refractivity contribution in [2.45, 2.75) is 46.0 Å². The smallest absolute Gasteiger partial charge is 0.336 e. The van der Waals surface area contributed by atoms with Crippen molar-refractivity contribution >= 4 is 17.7 Å². The molecule has 4 heteroatoms. The highest BCUT2D eigenvalue weighted by atomic mass is 32.2. The molecular weight excluding hydrogens is 258 g/mol. The maximum atomic E-state index is 11.6. The van der Waals surface area contributed by atoms with Crippen molar-refractivity contribution in [2.24, 2.45) is 11.1 Å². The number of carbonyl (C=O) groups is 1. The molecule has 1 aliphatic rings. The van der Waals surface area contributed by atoms with Crippen LogP contribution in [0.2, 0.25) is 0 Å². The molecule has 0 atom stereocenters. The number of carboxylic acid groups (broad SMARTS) is 1. The molecule has 1 rings (SSSR count). The van der Waals surface area contributed by atoms with Gasteiger partial charge < -0.3 is 10.8 Å². The number of hydrogen-bond acceptors (Lipinski definition) is 3. The molecule has 0 unspecified atom stereocenters. The third-order valence-corrected chi connectivity index (χ3v) is 4.45. The molecule has 3 nitrogen and oxygen atoms in total. The van der Waals surface area contributed by atoms with Gasteiger partial charge in [0.1, 0.15) is 0 Å². The van der Waals surface area contributed by atoms with Crippen LogP contribution in [0, 0.1) is 5.41 Å². The largest absolute Gasteiger partial charge is 0.478 e. The Kier molecular flexibility index (Phi) is 6.14. The Morgan fingerprint density at radius 2 is 2.21 bits per heavy atom. The number of hydrogen-bond donors (Lipinski definition) is 2. The quantitative estimate of drug-likeness (QED) is 0.732. The third kappa shape index (κ3) is 4.69. The van der Waals surface area contributed by atoms with Gasteiger partial charge in [-0.05, 0) is 60.8 Å². The van der Waals surface area contributed by atoms with E-state index in [0.29, 0.717) is 12.1 Å². The summed E-state index contributed by atoms with van der Waals surface area (Å²) >= 11 is 1.54. The van der Waals surface area contributed by atoms with Crippen LogP contribution in [-0.4, -0.2) is 23.9 Å². The van der Waals surface area contributed by atoms with Crippen LogP contribution >= 0.6 is 11.8 Å². The molecule has 0 bridgehead atoms. The van der Waals surface area contributed by atoms with E-state index in [0.717, 1.165) is 42.6 Å². The normalized spacial score (nSPS) is 19.7. The summed E-state index contributed by atoms with van der Waals surface area (Å²) in [7, 11) is 0. The summed E-state index contributed by atoms with van der Waals surface area (Å²) in [6.45, 7) is 5.01. The Hall–Kier alpha value is -0.740. The Balaban J connectivity index is 3.09. The van der Waals surface area contributed by atoms with Crippen LogP contribution < -0.4 is 5.73 Å². The average Bonchev–Trinajstić information content (AvgIpc) is 2.32. The van der Waals surface area contributed by atoms with Crippen molar-refractivity contribution in [3.8, 4) is 0 Å². The second-order valence-corrected chi connectivity index (χ2v) is 6.71. The van der Waals surface area contributed by atoms with Gasteiger partial charge in [0.15, 0.2) is 0 Å². The van der Waals surface area contributed by atoms with E-state index >= 15 is 0 Å². The summed E-state index contributed by atoms with van der Waals surface area (Å²) < 4.78 is 0. The first kappa shape index (κ1) is 16.3. The van der Waals surface area contributed by atoms with Crippen molar-refractivity contribution in [1.82, 2.24) is 0 Å². The number of thioether (sulfide) groups is 1. The van der Waals surface area contributed by atoms with Gasteiger partial charge in [0, 0.05) is 0 Å². The molecular formula is C15H25NO2S. The van der Waals surface area contributed by atoms with Crippen molar-refractivity contribution in [3.63, 3.8) is 0 Å². The molecule has 1 aliphatic carbocycles. The van der Waals surface area contributed by atoms with Crippen LogP contribution in [0.25, 0.3) is 0 Å². The van der Waals surface area contributed by atoms with Gasteiger partial charge in [0.05, 0.1) is 5.57 Å². The Morgan fingerprint density at radius 3 is 2.68 bits per heavy atom. The number of allylic oxidation sites excluding steroid dienone is 2. The van der Waals surface area contributed by atoms with Crippen molar-refractivity contribution in [1.29, 1.82) is 0 Å². The van der Waals surface area contributed by atoms with E-state index in [1.807, 2.05) is 6.26 Å². The zero-order valence-corrected chi connectivity index (χ0v) is 13.0. The summed E-state index contributed by atoms with van der Waals surface area (Å²) in [6.07, 6.45) is 8.59. The monoisotopic (exact) mass is 283 g/mol. The molecule has 0 fully saturated rings. The van der Waals surface area contributed by atoms with Gasteiger partial charge in [-0.3, -0.25) is 0 Å². The maximum Gasteiger partial charge on any atom is 0.336 e. The fourth-order valence-corrected chi connectivity index (χ4v) is 3.30. The average molecular weight is 283 g/mol. The predicted molar refractivity (Wildman–Crippen MR) is 82.2 cm³/mol. The predicted octanol–water partition coefficient (Wildman–Crippen LogP) is 3.56. The first-order valence-corrected chi connectivity index (χ1v) is 8.03. The van der Waals surface area contributed by atoms with Crippen molar-refractivity contribution in [3.05, 3.63) is 22.1 Å². The number of aliphatic carboxylic acids is 1. The molecule has 0 aliphatic heterocycles. The van der Waals surface area contributed by atoms with E-state index in [1.54, 1.807) is 11.8 Å². The summed E-state index contributed by atoms with van der Waals surface area (Å²) in [5.74, 6) is -0.801. The van der Waals surface area contributed by atoms with Crippen LogP contribution in [0.1, 0.15) is 46.0 Å².